The Labute approximate surface area is 112 Å². The fourth-order valence-corrected chi connectivity index (χ4v) is 1.49. The van der Waals surface area contributed by atoms with Crippen LogP contribution in [-0.4, -0.2) is 32.2 Å². The van der Waals surface area contributed by atoms with Crippen LogP contribution in [0.2, 0.25) is 0 Å². The second-order valence-corrected chi connectivity index (χ2v) is 3.84. The molecule has 0 saturated heterocycles. The van der Waals surface area contributed by atoms with Crippen LogP contribution in [0, 0.1) is 0 Å². The first kappa shape index (κ1) is 15.2. The Morgan fingerprint density at radius 1 is 1.37 bits per heavy atom. The summed E-state index contributed by atoms with van der Waals surface area (Å²) in [5.74, 6) is 0.159. The zero-order valence-corrected chi connectivity index (χ0v) is 11.2. The van der Waals surface area contributed by atoms with Gasteiger partial charge in [-0.2, -0.15) is 0 Å². The molecule has 1 rings (SSSR count). The fraction of sp³-hybridized carbons (Fsp3) is 0.538. The van der Waals surface area contributed by atoms with E-state index in [0.717, 1.165) is 0 Å². The van der Waals surface area contributed by atoms with Crippen LogP contribution in [0.5, 0.6) is 0 Å². The van der Waals surface area contributed by atoms with Gasteiger partial charge in [0.1, 0.15) is 5.76 Å². The zero-order chi connectivity index (χ0) is 14.1. The monoisotopic (exact) mass is 269 g/mol. The summed E-state index contributed by atoms with van der Waals surface area (Å²) in [5, 5.41) is 3.12. The molecule has 0 aromatic carbocycles. The van der Waals surface area contributed by atoms with Crippen LogP contribution in [0.1, 0.15) is 36.1 Å². The average Bonchev–Trinajstić information content (AvgIpc) is 2.86. The summed E-state index contributed by atoms with van der Waals surface area (Å²) < 4.78 is 14.6. The highest BCUT2D eigenvalue weighted by Crippen LogP contribution is 2.08. The highest BCUT2D eigenvalue weighted by atomic mass is 16.5. The van der Waals surface area contributed by atoms with Crippen LogP contribution >= 0.6 is 0 Å². The molecule has 19 heavy (non-hydrogen) atoms. The van der Waals surface area contributed by atoms with Crippen LogP contribution in [0.15, 0.2) is 16.5 Å². The van der Waals surface area contributed by atoms with Gasteiger partial charge >= 0.3 is 11.9 Å². The average molecular weight is 269 g/mol. The summed E-state index contributed by atoms with van der Waals surface area (Å²) >= 11 is 0. The van der Waals surface area contributed by atoms with Crippen LogP contribution in [0.25, 0.3) is 0 Å². The number of furan rings is 1. The highest BCUT2D eigenvalue weighted by molar-refractivity contribution is 5.86. The van der Waals surface area contributed by atoms with Gasteiger partial charge < -0.3 is 19.2 Å². The summed E-state index contributed by atoms with van der Waals surface area (Å²) in [5.41, 5.74) is 0. The largest absolute Gasteiger partial charge is 0.466 e. The van der Waals surface area contributed by atoms with Crippen molar-refractivity contribution in [2.24, 2.45) is 0 Å². The minimum Gasteiger partial charge on any atom is -0.466 e. The molecule has 6 heteroatoms. The molecular weight excluding hydrogens is 250 g/mol. The molecule has 0 unspecified atom stereocenters. The van der Waals surface area contributed by atoms with Crippen molar-refractivity contribution >= 4 is 11.9 Å². The van der Waals surface area contributed by atoms with Crippen molar-refractivity contribution in [3.63, 3.8) is 0 Å². The van der Waals surface area contributed by atoms with E-state index in [9.17, 15) is 9.59 Å². The van der Waals surface area contributed by atoms with Crippen LogP contribution in [-0.2, 0) is 20.8 Å². The van der Waals surface area contributed by atoms with E-state index in [0.29, 0.717) is 38.3 Å². The van der Waals surface area contributed by atoms with Gasteiger partial charge in [-0.25, -0.2) is 4.79 Å². The van der Waals surface area contributed by atoms with Crippen molar-refractivity contribution < 1.29 is 23.5 Å². The van der Waals surface area contributed by atoms with Crippen LogP contribution in [0.3, 0.4) is 0 Å². The first-order chi connectivity index (χ1) is 9.17. The quantitative estimate of drug-likeness (QED) is 0.569. The number of carbonyl (C=O) groups is 2. The molecule has 0 aliphatic heterocycles. The van der Waals surface area contributed by atoms with Gasteiger partial charge in [-0.1, -0.05) is 0 Å². The van der Waals surface area contributed by atoms with Crippen LogP contribution in [0.4, 0.5) is 0 Å². The SMILES string of the molecule is CCOC(=O)CCCNCc1ccc(C(=O)OC)o1. The number of hydrogen-bond donors (Lipinski definition) is 1. The van der Waals surface area contributed by atoms with Crippen molar-refractivity contribution in [1.29, 1.82) is 0 Å². The fourth-order valence-electron chi connectivity index (χ4n) is 1.49. The standard InChI is InChI=1S/C13H19NO5/c1-3-18-12(15)5-4-8-14-9-10-6-7-11(19-10)13(16)17-2/h6-7,14H,3-5,8-9H2,1-2H3. The molecule has 0 fully saturated rings. The third kappa shape index (κ3) is 5.56. The van der Waals surface area contributed by atoms with Gasteiger partial charge in [0.25, 0.3) is 0 Å². The van der Waals surface area contributed by atoms with Crippen molar-refractivity contribution in [2.75, 3.05) is 20.3 Å². The lowest BCUT2D eigenvalue weighted by molar-refractivity contribution is -0.143. The third-order valence-electron chi connectivity index (χ3n) is 2.39. The Kier molecular flexibility index (Phi) is 6.67. The molecule has 0 radical (unpaired) electrons. The second kappa shape index (κ2) is 8.31. The van der Waals surface area contributed by atoms with E-state index < -0.39 is 5.97 Å². The summed E-state index contributed by atoms with van der Waals surface area (Å²) in [6.45, 7) is 3.37. The minimum absolute atomic E-state index is 0.185. The number of methoxy groups -OCH3 is 1. The molecule has 0 spiro atoms. The van der Waals surface area contributed by atoms with Gasteiger partial charge in [0.05, 0.1) is 20.3 Å². The maximum atomic E-state index is 11.2. The Morgan fingerprint density at radius 3 is 2.84 bits per heavy atom. The molecule has 1 heterocycles. The molecule has 0 bridgehead atoms. The lowest BCUT2D eigenvalue weighted by Crippen LogP contribution is -2.16. The van der Waals surface area contributed by atoms with Crippen molar-refractivity contribution in [3.05, 3.63) is 23.7 Å². The highest BCUT2D eigenvalue weighted by Gasteiger charge is 2.10. The predicted octanol–water partition coefficient (Wildman–Crippen LogP) is 1.50. The first-order valence-electron chi connectivity index (χ1n) is 6.20. The number of carbonyl (C=O) groups excluding carboxylic acids is 2. The van der Waals surface area contributed by atoms with Gasteiger partial charge in [0.2, 0.25) is 5.76 Å². The maximum Gasteiger partial charge on any atom is 0.373 e. The molecular formula is C13H19NO5. The zero-order valence-electron chi connectivity index (χ0n) is 11.2. The van der Waals surface area contributed by atoms with E-state index >= 15 is 0 Å². The van der Waals surface area contributed by atoms with Gasteiger partial charge in [0.15, 0.2) is 0 Å². The lowest BCUT2D eigenvalue weighted by atomic mass is 10.3. The Balaban J connectivity index is 2.17. The Hall–Kier alpha value is -1.82. The molecule has 1 aromatic rings. The van der Waals surface area contributed by atoms with Crippen molar-refractivity contribution in [3.8, 4) is 0 Å². The summed E-state index contributed by atoms with van der Waals surface area (Å²) in [6.07, 6.45) is 1.09. The molecule has 0 amide bonds. The molecule has 0 saturated carbocycles. The summed E-state index contributed by atoms with van der Waals surface area (Å²) in [4.78, 5) is 22.2. The topological polar surface area (TPSA) is 77.8 Å². The third-order valence-corrected chi connectivity index (χ3v) is 2.39. The lowest BCUT2D eigenvalue weighted by Gasteiger charge is -2.03. The number of ether oxygens (including phenoxy) is 2. The van der Waals surface area contributed by atoms with Gasteiger partial charge in [-0.3, -0.25) is 4.79 Å². The minimum atomic E-state index is -0.492. The summed E-state index contributed by atoms with van der Waals surface area (Å²) in [7, 11) is 1.30. The van der Waals surface area contributed by atoms with E-state index in [1.165, 1.54) is 7.11 Å². The van der Waals surface area contributed by atoms with Crippen LogP contribution < -0.4 is 5.32 Å². The first-order valence-corrected chi connectivity index (χ1v) is 6.20. The number of hydrogen-bond acceptors (Lipinski definition) is 6. The van der Waals surface area contributed by atoms with Gasteiger partial charge in [-0.15, -0.1) is 0 Å². The second-order valence-electron chi connectivity index (χ2n) is 3.84. The number of nitrogens with one attached hydrogen (secondary N) is 1. The van der Waals surface area contributed by atoms with E-state index in [2.05, 4.69) is 10.1 Å². The van der Waals surface area contributed by atoms with Crippen molar-refractivity contribution in [1.82, 2.24) is 5.32 Å². The molecule has 1 N–H and O–H groups in total. The molecule has 0 aliphatic carbocycles. The van der Waals surface area contributed by atoms with E-state index in [4.69, 9.17) is 9.15 Å². The number of rotatable bonds is 8. The molecule has 0 atom stereocenters. The van der Waals surface area contributed by atoms with E-state index in [1.54, 1.807) is 19.1 Å². The van der Waals surface area contributed by atoms with Gasteiger partial charge in [0, 0.05) is 6.42 Å². The summed E-state index contributed by atoms with van der Waals surface area (Å²) in [6, 6.07) is 3.28. The van der Waals surface area contributed by atoms with E-state index in [1.807, 2.05) is 0 Å². The predicted molar refractivity (Wildman–Crippen MR) is 67.6 cm³/mol. The molecule has 106 valence electrons. The Bertz CT molecular complexity index is 413. The molecule has 1 aromatic heterocycles. The molecule has 0 aliphatic rings. The maximum absolute atomic E-state index is 11.2. The Morgan fingerprint density at radius 2 is 2.16 bits per heavy atom. The smallest absolute Gasteiger partial charge is 0.373 e. The number of esters is 2. The van der Waals surface area contributed by atoms with E-state index in [-0.39, 0.29) is 11.7 Å². The van der Waals surface area contributed by atoms with Gasteiger partial charge in [-0.05, 0) is 32.0 Å². The van der Waals surface area contributed by atoms with Crippen molar-refractivity contribution in [2.45, 2.75) is 26.3 Å². The normalized spacial score (nSPS) is 10.2. The molecule has 6 nitrogen and oxygen atoms in total.